The summed E-state index contributed by atoms with van der Waals surface area (Å²) in [6.07, 6.45) is 1.49. The number of aryl methyl sites for hydroxylation is 2. The second-order valence-corrected chi connectivity index (χ2v) is 5.04. The molecule has 2 aromatic rings. The van der Waals surface area contributed by atoms with Crippen molar-refractivity contribution >= 4 is 23.6 Å². The monoisotopic (exact) mass is 312 g/mol. The number of aliphatic imine (C=N–C) groups is 1. The summed E-state index contributed by atoms with van der Waals surface area (Å²) in [5.41, 5.74) is 1.08. The van der Waals surface area contributed by atoms with E-state index in [2.05, 4.69) is 4.99 Å². The number of esters is 1. The number of hydrogen-bond donors (Lipinski definition) is 0. The number of nitro groups is 1. The minimum atomic E-state index is -0.593. The molecular weight excluding hydrogens is 300 g/mol. The molecule has 0 saturated carbocycles. The highest BCUT2D eigenvalue weighted by atomic mass is 16.6. The van der Waals surface area contributed by atoms with Gasteiger partial charge in [0.15, 0.2) is 5.70 Å². The van der Waals surface area contributed by atoms with E-state index in [0.717, 1.165) is 5.76 Å². The van der Waals surface area contributed by atoms with Gasteiger partial charge in [0.05, 0.1) is 4.92 Å². The van der Waals surface area contributed by atoms with E-state index < -0.39 is 10.9 Å². The van der Waals surface area contributed by atoms with E-state index in [4.69, 9.17) is 9.15 Å². The highest BCUT2D eigenvalue weighted by Crippen LogP contribution is 2.23. The van der Waals surface area contributed by atoms with Gasteiger partial charge in [0.2, 0.25) is 5.90 Å². The molecule has 0 spiro atoms. The minimum Gasteiger partial charge on any atom is -0.462 e. The van der Waals surface area contributed by atoms with Gasteiger partial charge in [0, 0.05) is 23.3 Å². The van der Waals surface area contributed by atoms with Gasteiger partial charge in [-0.1, -0.05) is 0 Å². The maximum atomic E-state index is 11.9. The van der Waals surface area contributed by atoms with E-state index in [1.54, 1.807) is 32.0 Å². The summed E-state index contributed by atoms with van der Waals surface area (Å²) in [5, 5.41) is 10.8. The molecule has 0 amide bonds. The number of benzene rings is 1. The molecule has 0 radical (unpaired) electrons. The largest absolute Gasteiger partial charge is 0.462 e. The Morgan fingerprint density at radius 3 is 2.61 bits per heavy atom. The lowest BCUT2D eigenvalue weighted by Crippen LogP contribution is -2.06. The van der Waals surface area contributed by atoms with Crippen molar-refractivity contribution in [1.82, 2.24) is 0 Å². The Bertz CT molecular complexity index is 876. The van der Waals surface area contributed by atoms with Crippen LogP contribution < -0.4 is 0 Å². The summed E-state index contributed by atoms with van der Waals surface area (Å²) >= 11 is 0. The number of nitrogens with zero attached hydrogens (tertiary/aromatic N) is 2. The smallest absolute Gasteiger partial charge is 0.363 e. The number of ether oxygens (including phenoxy) is 1. The second kappa shape index (κ2) is 5.53. The van der Waals surface area contributed by atoms with E-state index in [1.807, 2.05) is 0 Å². The first-order valence-corrected chi connectivity index (χ1v) is 6.78. The van der Waals surface area contributed by atoms with E-state index >= 15 is 0 Å². The number of furan rings is 1. The number of carbonyl (C=O) groups excluding carboxylic acids is 1. The Labute approximate surface area is 131 Å². The lowest BCUT2D eigenvalue weighted by Gasteiger charge is -2.01. The zero-order valence-corrected chi connectivity index (χ0v) is 12.4. The van der Waals surface area contributed by atoms with Gasteiger partial charge in [0.25, 0.3) is 5.69 Å². The van der Waals surface area contributed by atoms with Gasteiger partial charge in [0.1, 0.15) is 11.5 Å². The zero-order chi connectivity index (χ0) is 16.6. The van der Waals surface area contributed by atoms with Crippen molar-refractivity contribution in [1.29, 1.82) is 0 Å². The van der Waals surface area contributed by atoms with Crippen LogP contribution in [0.25, 0.3) is 6.08 Å². The fourth-order valence-electron chi connectivity index (χ4n) is 2.19. The van der Waals surface area contributed by atoms with Crippen LogP contribution in [-0.4, -0.2) is 16.8 Å². The number of hydrogen-bond acceptors (Lipinski definition) is 6. The van der Waals surface area contributed by atoms with E-state index in [1.165, 1.54) is 18.2 Å². The fraction of sp³-hybridized carbons (Fsp3) is 0.125. The number of nitro benzene ring substituents is 1. The molecule has 0 unspecified atom stereocenters. The molecule has 0 N–H and O–H groups in total. The Hall–Kier alpha value is -3.22. The Kier molecular flexibility index (Phi) is 3.53. The van der Waals surface area contributed by atoms with Crippen molar-refractivity contribution in [3.05, 3.63) is 68.8 Å². The maximum Gasteiger partial charge on any atom is 0.363 e. The topological polar surface area (TPSA) is 94.9 Å². The summed E-state index contributed by atoms with van der Waals surface area (Å²) < 4.78 is 10.5. The lowest BCUT2D eigenvalue weighted by atomic mass is 10.1. The second-order valence-electron chi connectivity index (χ2n) is 5.04. The van der Waals surface area contributed by atoms with Crippen LogP contribution in [0.3, 0.4) is 0 Å². The van der Waals surface area contributed by atoms with Gasteiger partial charge >= 0.3 is 5.97 Å². The molecule has 2 heterocycles. The van der Waals surface area contributed by atoms with Gasteiger partial charge in [-0.25, -0.2) is 9.79 Å². The average Bonchev–Trinajstić information content (AvgIpc) is 3.05. The van der Waals surface area contributed by atoms with Crippen LogP contribution >= 0.6 is 0 Å². The molecule has 7 heteroatoms. The summed E-state index contributed by atoms with van der Waals surface area (Å²) in [4.78, 5) is 26.4. The first-order valence-electron chi connectivity index (χ1n) is 6.78. The third-order valence-electron chi connectivity index (χ3n) is 3.30. The van der Waals surface area contributed by atoms with Gasteiger partial charge in [-0.15, -0.1) is 0 Å². The average molecular weight is 312 g/mol. The van der Waals surface area contributed by atoms with Crippen LogP contribution in [0.15, 0.2) is 45.4 Å². The summed E-state index contributed by atoms with van der Waals surface area (Å²) in [7, 11) is 0. The van der Waals surface area contributed by atoms with Crippen LogP contribution in [0, 0.1) is 24.0 Å². The van der Waals surface area contributed by atoms with E-state index in [9.17, 15) is 14.9 Å². The van der Waals surface area contributed by atoms with Crippen LogP contribution in [-0.2, 0) is 9.53 Å². The van der Waals surface area contributed by atoms with Crippen molar-refractivity contribution in [3.8, 4) is 0 Å². The molecule has 0 saturated heterocycles. The third-order valence-corrected chi connectivity index (χ3v) is 3.30. The van der Waals surface area contributed by atoms with Gasteiger partial charge in [-0.3, -0.25) is 10.1 Å². The summed E-state index contributed by atoms with van der Waals surface area (Å²) in [5.74, 6) is 0.741. The van der Waals surface area contributed by atoms with Crippen molar-refractivity contribution in [2.75, 3.05) is 0 Å². The third kappa shape index (κ3) is 2.89. The Morgan fingerprint density at radius 1 is 1.22 bits per heavy atom. The highest BCUT2D eigenvalue weighted by molar-refractivity contribution is 6.12. The maximum absolute atomic E-state index is 11.9. The van der Waals surface area contributed by atoms with E-state index in [0.29, 0.717) is 16.9 Å². The van der Waals surface area contributed by atoms with Crippen molar-refractivity contribution in [2.24, 2.45) is 4.99 Å². The molecule has 0 aliphatic carbocycles. The van der Waals surface area contributed by atoms with Crippen molar-refractivity contribution in [2.45, 2.75) is 13.8 Å². The highest BCUT2D eigenvalue weighted by Gasteiger charge is 2.25. The predicted octanol–water partition coefficient (Wildman–Crippen LogP) is 3.15. The first-order chi connectivity index (χ1) is 10.9. The van der Waals surface area contributed by atoms with Crippen LogP contribution in [0.5, 0.6) is 0 Å². The van der Waals surface area contributed by atoms with Crippen molar-refractivity contribution in [3.63, 3.8) is 0 Å². The van der Waals surface area contributed by atoms with Crippen LogP contribution in [0.1, 0.15) is 22.6 Å². The summed E-state index contributed by atoms with van der Waals surface area (Å²) in [6.45, 7) is 3.41. The molecule has 0 bridgehead atoms. The molecule has 1 aromatic carbocycles. The fourth-order valence-corrected chi connectivity index (χ4v) is 2.19. The number of carbonyl (C=O) groups is 1. The molecule has 1 aromatic heterocycles. The molecule has 7 nitrogen and oxygen atoms in total. The van der Waals surface area contributed by atoms with Gasteiger partial charge in [-0.05, 0) is 38.1 Å². The Balaban J connectivity index is 1.94. The molecule has 1 aliphatic rings. The molecule has 116 valence electrons. The van der Waals surface area contributed by atoms with Crippen LogP contribution in [0.4, 0.5) is 5.69 Å². The lowest BCUT2D eigenvalue weighted by molar-refractivity contribution is -0.385. The number of cyclic esters (lactones) is 1. The quantitative estimate of drug-likeness (QED) is 0.375. The Morgan fingerprint density at radius 2 is 2.00 bits per heavy atom. The molecule has 1 aliphatic heterocycles. The predicted molar refractivity (Wildman–Crippen MR) is 81.9 cm³/mol. The first kappa shape index (κ1) is 14.7. The molecular formula is C16H12N2O5. The molecule has 23 heavy (non-hydrogen) atoms. The normalized spacial score (nSPS) is 15.7. The van der Waals surface area contributed by atoms with Crippen LogP contribution in [0.2, 0.25) is 0 Å². The summed E-state index contributed by atoms with van der Waals surface area (Å²) in [6, 6.07) is 7.91. The van der Waals surface area contributed by atoms with E-state index in [-0.39, 0.29) is 17.3 Å². The molecule has 0 atom stereocenters. The molecule has 0 fully saturated rings. The molecule has 3 rings (SSSR count). The SMILES string of the molecule is Cc1ccc(/C=C2\N=C(c3ccc([N+](=O)[O-])c(C)c3)OC2=O)o1. The van der Waals surface area contributed by atoms with Crippen molar-refractivity contribution < 1.29 is 18.9 Å². The number of rotatable bonds is 3. The zero-order valence-electron chi connectivity index (χ0n) is 12.4. The van der Waals surface area contributed by atoms with Gasteiger partial charge in [-0.2, -0.15) is 0 Å². The van der Waals surface area contributed by atoms with Gasteiger partial charge < -0.3 is 9.15 Å². The standard InChI is InChI=1S/C16H12N2O5/c1-9-7-11(4-6-14(9)18(20)21)15-17-13(16(19)23-15)8-12-5-3-10(2)22-12/h3-8H,1-2H3/b13-8-. The minimum absolute atomic E-state index is 0.000463.